The average molecular weight is 345 g/mol. The van der Waals surface area contributed by atoms with Gasteiger partial charge in [-0.05, 0) is 44.2 Å². The number of benzene rings is 2. The van der Waals surface area contributed by atoms with Crippen molar-refractivity contribution >= 4 is 0 Å². The van der Waals surface area contributed by atoms with E-state index in [9.17, 15) is 18.3 Å². The molecule has 0 aliphatic carbocycles. The van der Waals surface area contributed by atoms with E-state index in [-0.39, 0.29) is 17.0 Å². The van der Waals surface area contributed by atoms with E-state index in [1.807, 2.05) is 0 Å². The van der Waals surface area contributed by atoms with Gasteiger partial charge in [0, 0.05) is 17.2 Å². The molecule has 128 valence electrons. The number of aromatic nitrogens is 3. The average Bonchev–Trinajstić information content (AvgIpc) is 2.54. The summed E-state index contributed by atoms with van der Waals surface area (Å²) in [5.41, 5.74) is -0.484. The van der Waals surface area contributed by atoms with Gasteiger partial charge < -0.3 is 5.11 Å². The highest BCUT2D eigenvalue weighted by atomic mass is 19.1. The highest BCUT2D eigenvalue weighted by molar-refractivity contribution is 5.63. The monoisotopic (exact) mass is 345 g/mol. The van der Waals surface area contributed by atoms with Gasteiger partial charge in [-0.25, -0.2) is 18.2 Å². The number of nitrogens with zero attached hydrogens (tertiary/aromatic N) is 3. The van der Waals surface area contributed by atoms with Gasteiger partial charge in [0.05, 0.1) is 23.1 Å². The van der Waals surface area contributed by atoms with Crippen LogP contribution < -0.4 is 0 Å². The lowest BCUT2D eigenvalue weighted by Gasteiger charge is -2.19. The van der Waals surface area contributed by atoms with Gasteiger partial charge in [-0.3, -0.25) is 0 Å². The molecule has 0 atom stereocenters. The zero-order valence-corrected chi connectivity index (χ0v) is 13.5. The van der Waals surface area contributed by atoms with Gasteiger partial charge in [0.2, 0.25) is 0 Å². The molecule has 0 saturated carbocycles. The molecular formula is C18H14F3N3O. The molecule has 1 N–H and O–H groups in total. The van der Waals surface area contributed by atoms with Crippen molar-refractivity contribution in [2.24, 2.45) is 0 Å². The van der Waals surface area contributed by atoms with E-state index >= 15 is 0 Å². The third kappa shape index (κ3) is 3.51. The van der Waals surface area contributed by atoms with Crippen LogP contribution in [0.25, 0.3) is 22.6 Å². The second-order valence-electron chi connectivity index (χ2n) is 6.04. The van der Waals surface area contributed by atoms with Crippen molar-refractivity contribution in [3.63, 3.8) is 0 Å². The Morgan fingerprint density at radius 2 is 1.72 bits per heavy atom. The molecule has 0 bridgehead atoms. The van der Waals surface area contributed by atoms with E-state index in [4.69, 9.17) is 0 Å². The Morgan fingerprint density at radius 3 is 2.40 bits per heavy atom. The number of rotatable bonds is 3. The van der Waals surface area contributed by atoms with Crippen LogP contribution in [-0.4, -0.2) is 20.3 Å². The molecule has 1 aromatic heterocycles. The maximum absolute atomic E-state index is 13.9. The van der Waals surface area contributed by atoms with Crippen LogP contribution >= 0.6 is 0 Å². The second kappa shape index (κ2) is 6.25. The predicted molar refractivity (Wildman–Crippen MR) is 85.8 cm³/mol. The predicted octanol–water partition coefficient (Wildman–Crippen LogP) is 3.85. The van der Waals surface area contributed by atoms with Crippen LogP contribution in [-0.2, 0) is 5.60 Å². The molecule has 3 rings (SSSR count). The molecule has 0 fully saturated rings. The summed E-state index contributed by atoms with van der Waals surface area (Å²) in [7, 11) is 0. The first kappa shape index (κ1) is 17.0. The summed E-state index contributed by atoms with van der Waals surface area (Å²) in [4.78, 5) is 4.22. The van der Waals surface area contributed by atoms with Crippen molar-refractivity contribution in [1.82, 2.24) is 15.2 Å². The van der Waals surface area contributed by atoms with E-state index in [1.54, 1.807) is 0 Å². The summed E-state index contributed by atoms with van der Waals surface area (Å²) >= 11 is 0. The fourth-order valence-corrected chi connectivity index (χ4v) is 2.38. The molecule has 7 heteroatoms. The molecule has 1 heterocycles. The van der Waals surface area contributed by atoms with E-state index in [1.165, 1.54) is 44.3 Å². The zero-order chi connectivity index (χ0) is 18.2. The molecule has 0 aliphatic heterocycles. The van der Waals surface area contributed by atoms with Gasteiger partial charge in [0.15, 0.2) is 5.82 Å². The molecule has 2 aromatic carbocycles. The van der Waals surface area contributed by atoms with Crippen molar-refractivity contribution in [1.29, 1.82) is 0 Å². The lowest BCUT2D eigenvalue weighted by molar-refractivity contribution is 0.0746. The molecule has 0 aliphatic rings. The molecular weight excluding hydrogens is 331 g/mol. The summed E-state index contributed by atoms with van der Waals surface area (Å²) in [6, 6.07) is 7.18. The van der Waals surface area contributed by atoms with E-state index in [0.29, 0.717) is 11.3 Å². The maximum Gasteiger partial charge on any atom is 0.185 e. The molecule has 0 unspecified atom stereocenters. The lowest BCUT2D eigenvalue weighted by Crippen LogP contribution is -2.17. The molecule has 0 radical (unpaired) electrons. The quantitative estimate of drug-likeness (QED) is 0.783. The Balaban J connectivity index is 2.08. The van der Waals surface area contributed by atoms with E-state index in [2.05, 4.69) is 15.2 Å². The molecule has 25 heavy (non-hydrogen) atoms. The van der Waals surface area contributed by atoms with Crippen LogP contribution in [0.3, 0.4) is 0 Å². The number of halogens is 3. The molecule has 0 amide bonds. The fraction of sp³-hybridized carbons (Fsp3) is 0.167. The fourth-order valence-electron chi connectivity index (χ4n) is 2.38. The first-order chi connectivity index (χ1) is 11.8. The Labute approximate surface area is 142 Å². The van der Waals surface area contributed by atoms with E-state index in [0.717, 1.165) is 12.1 Å². The normalized spacial score (nSPS) is 11.6. The summed E-state index contributed by atoms with van der Waals surface area (Å²) in [5.74, 6) is -2.10. The smallest absolute Gasteiger partial charge is 0.185 e. The summed E-state index contributed by atoms with van der Waals surface area (Å²) in [5, 5.41) is 17.6. The van der Waals surface area contributed by atoms with Crippen LogP contribution in [0.4, 0.5) is 13.2 Å². The number of aliphatic hydroxyl groups is 1. The van der Waals surface area contributed by atoms with Gasteiger partial charge >= 0.3 is 0 Å². The largest absolute Gasteiger partial charge is 0.386 e. The minimum atomic E-state index is -1.38. The topological polar surface area (TPSA) is 58.9 Å². The summed E-state index contributed by atoms with van der Waals surface area (Å²) < 4.78 is 40.9. The minimum Gasteiger partial charge on any atom is -0.386 e. The lowest BCUT2D eigenvalue weighted by atomic mass is 9.95. The molecule has 0 spiro atoms. The minimum absolute atomic E-state index is 0.000531. The number of hydrogen-bond donors (Lipinski definition) is 1. The van der Waals surface area contributed by atoms with Crippen molar-refractivity contribution in [2.75, 3.05) is 0 Å². The SMILES string of the molecule is CC(C)(O)c1cc(-c2cnnc(-c3ccc(F)cc3F)n2)ccc1F. The first-order valence-corrected chi connectivity index (χ1v) is 7.43. The third-order valence-corrected chi connectivity index (χ3v) is 3.65. The van der Waals surface area contributed by atoms with E-state index < -0.39 is 23.1 Å². The second-order valence-corrected chi connectivity index (χ2v) is 6.04. The van der Waals surface area contributed by atoms with Crippen LogP contribution in [0, 0.1) is 17.5 Å². The zero-order valence-electron chi connectivity index (χ0n) is 13.5. The van der Waals surface area contributed by atoms with Gasteiger partial charge in [-0.15, -0.1) is 5.10 Å². The highest BCUT2D eigenvalue weighted by Crippen LogP contribution is 2.28. The van der Waals surface area contributed by atoms with Crippen molar-refractivity contribution in [3.8, 4) is 22.6 Å². The van der Waals surface area contributed by atoms with Gasteiger partial charge in [-0.2, -0.15) is 5.10 Å². The first-order valence-electron chi connectivity index (χ1n) is 7.43. The van der Waals surface area contributed by atoms with Crippen LogP contribution in [0.2, 0.25) is 0 Å². The van der Waals surface area contributed by atoms with Crippen molar-refractivity contribution < 1.29 is 18.3 Å². The standard InChI is InChI=1S/C18H14F3N3O/c1-18(2,25)13-7-10(3-6-14(13)20)16-9-22-24-17(23-16)12-5-4-11(19)8-15(12)21/h3-9,25H,1-2H3. The molecule has 4 nitrogen and oxygen atoms in total. The third-order valence-electron chi connectivity index (χ3n) is 3.65. The van der Waals surface area contributed by atoms with Crippen LogP contribution in [0.15, 0.2) is 42.6 Å². The summed E-state index contributed by atoms with van der Waals surface area (Å²) in [6.07, 6.45) is 1.34. The summed E-state index contributed by atoms with van der Waals surface area (Å²) in [6.45, 7) is 2.93. The maximum atomic E-state index is 13.9. The van der Waals surface area contributed by atoms with Crippen LogP contribution in [0.1, 0.15) is 19.4 Å². The van der Waals surface area contributed by atoms with Gasteiger partial charge in [0.1, 0.15) is 17.5 Å². The molecule has 3 aromatic rings. The highest BCUT2D eigenvalue weighted by Gasteiger charge is 2.21. The Bertz CT molecular complexity index is 939. The van der Waals surface area contributed by atoms with Crippen molar-refractivity contribution in [3.05, 3.63) is 65.6 Å². The Hall–Kier alpha value is -2.80. The number of hydrogen-bond acceptors (Lipinski definition) is 4. The molecule has 0 saturated heterocycles. The van der Waals surface area contributed by atoms with Gasteiger partial charge in [-0.1, -0.05) is 0 Å². The van der Waals surface area contributed by atoms with Crippen molar-refractivity contribution in [2.45, 2.75) is 19.4 Å². The Morgan fingerprint density at radius 1 is 0.960 bits per heavy atom. The van der Waals surface area contributed by atoms with Gasteiger partial charge in [0.25, 0.3) is 0 Å². The Kier molecular flexibility index (Phi) is 4.26. The van der Waals surface area contributed by atoms with Crippen LogP contribution in [0.5, 0.6) is 0 Å².